The van der Waals surface area contributed by atoms with Gasteiger partial charge in [0.2, 0.25) is 0 Å². The number of rotatable bonds is 12. The summed E-state index contributed by atoms with van der Waals surface area (Å²) < 4.78 is 28.5. The molecule has 15 heteroatoms. The van der Waals surface area contributed by atoms with Gasteiger partial charge in [0.05, 0.1) is 31.8 Å². The van der Waals surface area contributed by atoms with Gasteiger partial charge in [-0.05, 0) is 18.4 Å². The number of fused-ring (bicyclic) bond motifs is 2. The van der Waals surface area contributed by atoms with Crippen molar-refractivity contribution < 1.29 is 53.1 Å². The van der Waals surface area contributed by atoms with E-state index in [1.165, 1.54) is 12.2 Å². The first-order valence-corrected chi connectivity index (χ1v) is 16.2. The predicted molar refractivity (Wildman–Crippen MR) is 156 cm³/mol. The van der Waals surface area contributed by atoms with Crippen LogP contribution in [-0.4, -0.2) is 112 Å². The fraction of sp³-hybridized carbons (Fsp3) is 0.600. The molecule has 0 aliphatic carbocycles. The summed E-state index contributed by atoms with van der Waals surface area (Å²) in [4.78, 5) is 48.2. The van der Waals surface area contributed by atoms with Gasteiger partial charge in [0.15, 0.2) is 12.6 Å². The number of hydrogen-bond donors (Lipinski definition) is 4. The van der Waals surface area contributed by atoms with Crippen molar-refractivity contribution in [1.29, 1.82) is 0 Å². The standard InChI is InChI=1S/C30H37N3O11S/c34-21-9-10-22(35)33(21)11-12-40-29-26(38)25(37)27-19(43-29)14-42-28(44-27)17-7-5-16(6-8-17)13-41-23(36)4-2-1-3-20-24-18(15-45-20)31-30(39)32-24/h5-10,18-20,24-29,37-38H,1-4,11-15H2,(H2,31,32,39)/t18-,19+,20-,24-,25+,26+,27?,28?,29+/m0/s1/i11+1,12+1,14+1,19+1,25+1,26+1,27+1,29+1. The first-order valence-electron chi connectivity index (χ1n) is 15.1. The third-order valence-electron chi connectivity index (χ3n) is 8.54. The molecule has 0 aromatic heterocycles. The Balaban J connectivity index is 0.896. The van der Waals surface area contributed by atoms with Crippen molar-refractivity contribution in [2.45, 2.75) is 86.6 Å². The van der Waals surface area contributed by atoms with Crippen LogP contribution in [0, 0.1) is 0 Å². The van der Waals surface area contributed by atoms with E-state index in [2.05, 4.69) is 10.6 Å². The lowest BCUT2D eigenvalue weighted by Gasteiger charge is -2.46. The molecule has 6 rings (SSSR count). The lowest BCUT2D eigenvalue weighted by Crippen LogP contribution is -2.62. The van der Waals surface area contributed by atoms with Gasteiger partial charge in [-0.1, -0.05) is 30.7 Å². The number of urea groups is 1. The van der Waals surface area contributed by atoms with Crippen molar-refractivity contribution in [3.05, 3.63) is 47.5 Å². The van der Waals surface area contributed by atoms with Gasteiger partial charge in [-0.25, -0.2) is 4.79 Å². The Bertz CT molecular complexity index is 1280. The molecule has 14 nitrogen and oxygen atoms in total. The van der Waals surface area contributed by atoms with E-state index in [0.29, 0.717) is 17.2 Å². The topological polar surface area (TPSA) is 182 Å². The molecule has 244 valence electrons. The second-order valence-corrected chi connectivity index (χ2v) is 12.9. The van der Waals surface area contributed by atoms with E-state index in [1.54, 1.807) is 24.3 Å². The van der Waals surface area contributed by atoms with Gasteiger partial charge in [-0.3, -0.25) is 19.3 Å². The van der Waals surface area contributed by atoms with Gasteiger partial charge >= 0.3 is 12.0 Å². The molecule has 5 aliphatic heterocycles. The van der Waals surface area contributed by atoms with Crippen LogP contribution in [0.5, 0.6) is 0 Å². The number of carbonyl (C=O) groups is 4. The molecule has 4 saturated heterocycles. The van der Waals surface area contributed by atoms with E-state index in [1.807, 2.05) is 11.8 Å². The maximum Gasteiger partial charge on any atom is 0.315 e. The fourth-order valence-corrected chi connectivity index (χ4v) is 7.60. The average Bonchev–Trinajstić information content (AvgIpc) is 3.70. The number of nitrogens with one attached hydrogen (secondary N) is 2. The number of unbranched alkanes of at least 4 members (excludes halogenated alkanes) is 1. The Morgan fingerprint density at radius 3 is 2.58 bits per heavy atom. The predicted octanol–water partition coefficient (Wildman–Crippen LogP) is 0.258. The molecule has 0 spiro atoms. The number of aliphatic hydroxyl groups is 2. The lowest BCUT2D eigenvalue weighted by atomic mass is 10.0. The van der Waals surface area contributed by atoms with Gasteiger partial charge in [0, 0.05) is 35.1 Å². The number of benzene rings is 1. The van der Waals surface area contributed by atoms with Gasteiger partial charge in [-0.15, -0.1) is 0 Å². The number of imide groups is 1. The zero-order valence-electron chi connectivity index (χ0n) is 24.4. The Morgan fingerprint density at radius 2 is 1.80 bits per heavy atom. The molecular weight excluding hydrogens is 618 g/mol. The summed E-state index contributed by atoms with van der Waals surface area (Å²) in [6.07, 6.45) is -1.13. The Hall–Kier alpha value is -3.05. The van der Waals surface area contributed by atoms with Crippen LogP contribution in [-0.2, 0) is 44.7 Å². The van der Waals surface area contributed by atoms with E-state index in [9.17, 15) is 29.4 Å². The molecule has 5 aliphatic rings. The molecule has 45 heavy (non-hydrogen) atoms. The van der Waals surface area contributed by atoms with Crippen molar-refractivity contribution in [2.24, 2.45) is 0 Å². The summed E-state index contributed by atoms with van der Waals surface area (Å²) in [6, 6.07) is 7.44. The van der Waals surface area contributed by atoms with Gasteiger partial charge in [0.25, 0.3) is 11.8 Å². The number of aliphatic hydroxyl groups excluding tert-OH is 2. The van der Waals surface area contributed by atoms with Crippen molar-refractivity contribution in [3.63, 3.8) is 0 Å². The Kier molecular flexibility index (Phi) is 10.0. The quantitative estimate of drug-likeness (QED) is 0.0794. The minimum Gasteiger partial charge on any atom is -0.461 e. The zero-order valence-corrected chi connectivity index (χ0v) is 25.3. The van der Waals surface area contributed by atoms with Gasteiger partial charge < -0.3 is 44.5 Å². The third-order valence-corrected chi connectivity index (χ3v) is 10.0. The largest absolute Gasteiger partial charge is 0.461 e. The van der Waals surface area contributed by atoms with Crippen LogP contribution in [0.1, 0.15) is 43.1 Å². The van der Waals surface area contributed by atoms with Crippen LogP contribution in [0.15, 0.2) is 36.4 Å². The van der Waals surface area contributed by atoms with Gasteiger partial charge in [0.1, 0.15) is 31.0 Å². The molecule has 9 atom stereocenters. The highest BCUT2D eigenvalue weighted by molar-refractivity contribution is 8.00. The highest BCUT2D eigenvalue weighted by Gasteiger charge is 2.49. The summed E-state index contributed by atoms with van der Waals surface area (Å²) in [5.41, 5.74) is 1.47. The van der Waals surface area contributed by atoms with E-state index in [4.69, 9.17) is 23.7 Å². The lowest BCUT2D eigenvalue weighted by molar-refractivity contribution is -0.361. The number of amides is 4. The summed E-state index contributed by atoms with van der Waals surface area (Å²) >= 11 is 1.86. The molecule has 2 unspecified atom stereocenters. The minimum absolute atomic E-state index is 0.0206. The minimum atomic E-state index is -1.42. The summed E-state index contributed by atoms with van der Waals surface area (Å²) in [5.74, 6) is -0.234. The first kappa shape index (κ1) is 31.9. The normalized spacial score (nSPS) is 34.0. The van der Waals surface area contributed by atoms with Crippen LogP contribution in [0.25, 0.3) is 0 Å². The molecule has 4 fully saturated rings. The Labute approximate surface area is 263 Å². The molecule has 1 aromatic carbocycles. The average molecular weight is 656 g/mol. The number of esters is 1. The molecule has 0 bridgehead atoms. The molecule has 1 aromatic rings. The van der Waals surface area contributed by atoms with Crippen LogP contribution in [0.4, 0.5) is 4.79 Å². The van der Waals surface area contributed by atoms with Crippen LogP contribution in [0.3, 0.4) is 0 Å². The highest BCUT2D eigenvalue weighted by atomic mass is 32.2. The van der Waals surface area contributed by atoms with Crippen LogP contribution in [0.2, 0.25) is 0 Å². The SMILES string of the molecule is O=C1N[C@H]2[C@H](CS[C@H]2CCCCC(=O)OCc2ccc(C3O[13CH2][13C@H]4O[13C@@H](O[13CH2][13CH2]N5C(=O)C=CC5=O)[13C@H](O)[13C@@H](O)[13CH]4O3)cc2)N1. The maximum absolute atomic E-state index is 12.3. The van der Waals surface area contributed by atoms with Crippen molar-refractivity contribution >= 4 is 35.6 Å². The summed E-state index contributed by atoms with van der Waals surface area (Å²) in [5, 5.41) is 27.6. The fourth-order valence-electron chi connectivity index (χ4n) is 6.06. The van der Waals surface area contributed by atoms with E-state index < -0.39 is 48.8 Å². The highest BCUT2D eigenvalue weighted by Crippen LogP contribution is 2.35. The smallest absolute Gasteiger partial charge is 0.315 e. The van der Waals surface area contributed by atoms with Crippen LogP contribution >= 0.6 is 11.8 Å². The van der Waals surface area contributed by atoms with Crippen molar-refractivity contribution in [3.8, 4) is 0 Å². The molecule has 0 radical (unpaired) electrons. The molecule has 4 N–H and O–H groups in total. The molecule has 0 saturated carbocycles. The third kappa shape index (κ3) is 7.35. The van der Waals surface area contributed by atoms with E-state index in [0.717, 1.165) is 35.5 Å². The van der Waals surface area contributed by atoms with Gasteiger partial charge in [-0.2, -0.15) is 11.8 Å². The molecule has 5 heterocycles. The number of carbonyl (C=O) groups excluding carboxylic acids is 4. The van der Waals surface area contributed by atoms with E-state index >= 15 is 0 Å². The number of thioether (sulfide) groups is 1. The zero-order chi connectivity index (χ0) is 31.5. The first-order chi connectivity index (χ1) is 21.8. The second-order valence-electron chi connectivity index (χ2n) is 11.6. The molecule has 4 amide bonds. The summed E-state index contributed by atoms with van der Waals surface area (Å²) in [7, 11) is 0. The number of nitrogens with zero attached hydrogens (tertiary/aromatic N) is 1. The maximum atomic E-state index is 12.3. The Morgan fingerprint density at radius 1 is 1.02 bits per heavy atom. The van der Waals surface area contributed by atoms with E-state index in [-0.39, 0.29) is 50.4 Å². The number of hydrogen-bond acceptors (Lipinski definition) is 12. The van der Waals surface area contributed by atoms with Crippen LogP contribution < -0.4 is 10.6 Å². The van der Waals surface area contributed by atoms with Crippen molar-refractivity contribution in [2.75, 3.05) is 25.5 Å². The number of ether oxygens (including phenoxy) is 5. The summed E-state index contributed by atoms with van der Waals surface area (Å²) in [6.45, 7) is 0.0924. The van der Waals surface area contributed by atoms with Crippen molar-refractivity contribution in [1.82, 2.24) is 15.5 Å². The molecular formula is C30H37N3O11S. The second kappa shape index (κ2) is 14.2. The monoisotopic (exact) mass is 655 g/mol.